The molecule has 0 atom stereocenters. The molecule has 2 aromatic rings. The lowest BCUT2D eigenvalue weighted by Gasteiger charge is -2.24. The second kappa shape index (κ2) is 17.1. The lowest BCUT2D eigenvalue weighted by Crippen LogP contribution is -2.28. The van der Waals surface area contributed by atoms with Crippen molar-refractivity contribution in [3.05, 3.63) is 54.1 Å². The van der Waals surface area contributed by atoms with Crippen molar-refractivity contribution in [3.63, 3.8) is 0 Å². The number of nitrogens with one attached hydrogen (secondary N) is 1. The summed E-state index contributed by atoms with van der Waals surface area (Å²) in [5.74, 6) is 1.05. The van der Waals surface area contributed by atoms with E-state index in [4.69, 9.17) is 4.74 Å². The van der Waals surface area contributed by atoms with Crippen LogP contribution in [0.1, 0.15) is 83.5 Å². The fraction of sp³-hybridized carbons (Fsp3) is 0.536. The van der Waals surface area contributed by atoms with Gasteiger partial charge < -0.3 is 15.0 Å². The zero-order valence-electron chi connectivity index (χ0n) is 21.0. The molecule has 178 valence electrons. The summed E-state index contributed by atoms with van der Waals surface area (Å²) in [5.41, 5.74) is 2.99. The number of ketones is 1. The van der Waals surface area contributed by atoms with Crippen molar-refractivity contribution in [2.45, 2.75) is 73.1 Å². The number of nitrogens with zero attached hydrogens (tertiary/aromatic N) is 1. The predicted molar refractivity (Wildman–Crippen MR) is 139 cm³/mol. The van der Waals surface area contributed by atoms with Crippen LogP contribution >= 0.6 is 0 Å². The molecule has 0 aliphatic heterocycles. The Morgan fingerprint density at radius 1 is 0.875 bits per heavy atom. The SMILES string of the molecule is CC.CCCCCCCCOc1ccc(N(CC)CCNc2ccc(C(C)=O)cc2)cc1. The molecule has 0 heterocycles. The Balaban J connectivity index is 0.00000249. The average molecular weight is 441 g/mol. The summed E-state index contributed by atoms with van der Waals surface area (Å²) >= 11 is 0. The molecule has 0 aromatic heterocycles. The van der Waals surface area contributed by atoms with Crippen LogP contribution in [0.2, 0.25) is 0 Å². The number of hydrogen-bond acceptors (Lipinski definition) is 4. The van der Waals surface area contributed by atoms with E-state index < -0.39 is 0 Å². The molecule has 0 radical (unpaired) electrons. The summed E-state index contributed by atoms with van der Waals surface area (Å²) in [6, 6.07) is 16.1. The van der Waals surface area contributed by atoms with Gasteiger partial charge in [0.25, 0.3) is 0 Å². The molecule has 0 spiro atoms. The molecule has 4 nitrogen and oxygen atoms in total. The van der Waals surface area contributed by atoms with E-state index in [0.717, 1.165) is 49.7 Å². The first kappa shape index (κ1) is 27.5. The number of likely N-dealkylation sites (N-methyl/N-ethyl adjacent to an activating group) is 1. The molecule has 0 unspecified atom stereocenters. The normalized spacial score (nSPS) is 10.2. The van der Waals surface area contributed by atoms with Crippen LogP contribution in [0.3, 0.4) is 0 Å². The number of anilines is 2. The van der Waals surface area contributed by atoms with Crippen molar-refractivity contribution in [2.75, 3.05) is 36.5 Å². The van der Waals surface area contributed by atoms with Crippen LogP contribution in [0, 0.1) is 0 Å². The van der Waals surface area contributed by atoms with Crippen LogP contribution < -0.4 is 15.0 Å². The second-order valence-corrected chi connectivity index (χ2v) is 7.75. The van der Waals surface area contributed by atoms with Gasteiger partial charge in [0.15, 0.2) is 5.78 Å². The Morgan fingerprint density at radius 3 is 2.09 bits per heavy atom. The number of rotatable bonds is 15. The Morgan fingerprint density at radius 2 is 1.50 bits per heavy atom. The zero-order valence-corrected chi connectivity index (χ0v) is 21.0. The summed E-state index contributed by atoms with van der Waals surface area (Å²) < 4.78 is 5.89. The van der Waals surface area contributed by atoms with Crippen LogP contribution in [-0.4, -0.2) is 32.0 Å². The van der Waals surface area contributed by atoms with Crippen LogP contribution in [0.25, 0.3) is 0 Å². The van der Waals surface area contributed by atoms with E-state index in [2.05, 4.69) is 48.3 Å². The van der Waals surface area contributed by atoms with Crippen molar-refractivity contribution in [3.8, 4) is 5.75 Å². The average Bonchev–Trinajstić information content (AvgIpc) is 2.83. The molecule has 2 aromatic carbocycles. The Kier molecular flexibility index (Phi) is 14.7. The van der Waals surface area contributed by atoms with E-state index in [0.29, 0.717) is 0 Å². The van der Waals surface area contributed by atoms with Gasteiger partial charge in [-0.2, -0.15) is 0 Å². The van der Waals surface area contributed by atoms with Gasteiger partial charge in [0.1, 0.15) is 5.75 Å². The van der Waals surface area contributed by atoms with Crippen molar-refractivity contribution in [1.29, 1.82) is 0 Å². The minimum atomic E-state index is 0.0955. The highest BCUT2D eigenvalue weighted by atomic mass is 16.5. The van der Waals surface area contributed by atoms with Crippen LogP contribution in [0.5, 0.6) is 5.75 Å². The quantitative estimate of drug-likeness (QED) is 0.229. The van der Waals surface area contributed by atoms with Crippen molar-refractivity contribution >= 4 is 17.2 Å². The molecule has 0 saturated heterocycles. The van der Waals surface area contributed by atoms with E-state index in [1.165, 1.54) is 37.8 Å². The van der Waals surface area contributed by atoms with E-state index in [9.17, 15) is 4.79 Å². The van der Waals surface area contributed by atoms with Gasteiger partial charge in [0.05, 0.1) is 6.61 Å². The van der Waals surface area contributed by atoms with E-state index in [-0.39, 0.29) is 5.78 Å². The summed E-state index contributed by atoms with van der Waals surface area (Å²) in [6.45, 7) is 13.5. The second-order valence-electron chi connectivity index (χ2n) is 7.75. The molecule has 0 aliphatic carbocycles. The van der Waals surface area contributed by atoms with Crippen LogP contribution in [0.4, 0.5) is 11.4 Å². The van der Waals surface area contributed by atoms with Gasteiger partial charge in [-0.25, -0.2) is 0 Å². The first-order valence-electron chi connectivity index (χ1n) is 12.5. The number of hydrogen-bond donors (Lipinski definition) is 1. The van der Waals surface area contributed by atoms with Crippen LogP contribution in [0.15, 0.2) is 48.5 Å². The molecular formula is C28H44N2O2. The number of ether oxygens (including phenoxy) is 1. The number of benzene rings is 2. The maximum atomic E-state index is 11.4. The number of carbonyl (C=O) groups excluding carboxylic acids is 1. The van der Waals surface area contributed by atoms with Gasteiger partial charge in [-0.3, -0.25) is 4.79 Å². The number of unbranched alkanes of at least 4 members (excludes halogenated alkanes) is 5. The number of carbonyl (C=O) groups is 1. The highest BCUT2D eigenvalue weighted by Gasteiger charge is 2.05. The maximum absolute atomic E-state index is 11.4. The molecule has 0 bridgehead atoms. The first-order chi connectivity index (χ1) is 15.6. The fourth-order valence-electron chi connectivity index (χ4n) is 3.45. The van der Waals surface area contributed by atoms with Gasteiger partial charge in [-0.05, 0) is 68.8 Å². The molecule has 32 heavy (non-hydrogen) atoms. The Bertz CT molecular complexity index is 726. The molecule has 0 amide bonds. The molecule has 0 saturated carbocycles. The predicted octanol–water partition coefficient (Wildman–Crippen LogP) is 7.59. The van der Waals surface area contributed by atoms with E-state index in [1.807, 2.05) is 38.1 Å². The maximum Gasteiger partial charge on any atom is 0.159 e. The molecule has 4 heteroatoms. The summed E-state index contributed by atoms with van der Waals surface area (Å²) in [5, 5.41) is 3.43. The van der Waals surface area contributed by atoms with Crippen molar-refractivity contribution in [2.24, 2.45) is 0 Å². The van der Waals surface area contributed by atoms with E-state index in [1.54, 1.807) is 6.92 Å². The summed E-state index contributed by atoms with van der Waals surface area (Å²) in [7, 11) is 0. The Hall–Kier alpha value is -2.49. The highest BCUT2D eigenvalue weighted by molar-refractivity contribution is 5.94. The highest BCUT2D eigenvalue weighted by Crippen LogP contribution is 2.20. The number of Topliss-reactive ketones (excluding diaryl/α,β-unsaturated/α-hetero) is 1. The van der Waals surface area contributed by atoms with Gasteiger partial charge in [0.2, 0.25) is 0 Å². The fourth-order valence-corrected chi connectivity index (χ4v) is 3.45. The third kappa shape index (κ3) is 10.7. The molecule has 0 fully saturated rings. The standard InChI is InChI=1S/C26H38N2O2.C2H6/c1-4-6-7-8-9-10-21-30-26-17-15-25(16-18-26)28(5-2)20-19-27-24-13-11-23(12-14-24)22(3)29;1-2/h11-18,27H,4-10,19-21H2,1-3H3;1-2H3. The van der Waals surface area contributed by atoms with Gasteiger partial charge >= 0.3 is 0 Å². The smallest absolute Gasteiger partial charge is 0.159 e. The summed E-state index contributed by atoms with van der Waals surface area (Å²) in [4.78, 5) is 13.7. The van der Waals surface area contributed by atoms with Crippen molar-refractivity contribution < 1.29 is 9.53 Å². The minimum absolute atomic E-state index is 0.0955. The van der Waals surface area contributed by atoms with Crippen LogP contribution in [-0.2, 0) is 0 Å². The van der Waals surface area contributed by atoms with Gasteiger partial charge in [-0.1, -0.05) is 52.9 Å². The lowest BCUT2D eigenvalue weighted by atomic mass is 10.1. The largest absolute Gasteiger partial charge is 0.494 e. The van der Waals surface area contributed by atoms with E-state index >= 15 is 0 Å². The third-order valence-corrected chi connectivity index (χ3v) is 5.35. The van der Waals surface area contributed by atoms with Gasteiger partial charge in [0, 0.05) is 36.6 Å². The minimum Gasteiger partial charge on any atom is -0.494 e. The monoisotopic (exact) mass is 440 g/mol. The lowest BCUT2D eigenvalue weighted by molar-refractivity contribution is 0.101. The third-order valence-electron chi connectivity index (χ3n) is 5.35. The topological polar surface area (TPSA) is 41.6 Å². The molecule has 1 N–H and O–H groups in total. The molecular weight excluding hydrogens is 396 g/mol. The molecule has 0 aliphatic rings. The molecule has 2 rings (SSSR count). The Labute approximate surface area is 196 Å². The van der Waals surface area contributed by atoms with Crippen molar-refractivity contribution in [1.82, 2.24) is 0 Å². The summed E-state index contributed by atoms with van der Waals surface area (Å²) in [6.07, 6.45) is 7.69. The van der Waals surface area contributed by atoms with Gasteiger partial charge in [-0.15, -0.1) is 0 Å². The first-order valence-corrected chi connectivity index (χ1v) is 12.5. The zero-order chi connectivity index (χ0) is 23.6.